The summed E-state index contributed by atoms with van der Waals surface area (Å²) in [6.07, 6.45) is 2.76. The lowest BCUT2D eigenvalue weighted by Crippen LogP contribution is -2.13. The van der Waals surface area contributed by atoms with Crippen molar-refractivity contribution in [3.63, 3.8) is 0 Å². The number of nitrogens with two attached hydrogens (primary N) is 1. The molecule has 8 nitrogen and oxygen atoms in total. The summed E-state index contributed by atoms with van der Waals surface area (Å²) in [4.78, 5) is 10.0. The lowest BCUT2D eigenvalue weighted by Gasteiger charge is -2.10. The van der Waals surface area contributed by atoms with Crippen LogP contribution in [-0.4, -0.2) is 38.1 Å². The van der Waals surface area contributed by atoms with Gasteiger partial charge in [0.25, 0.3) is 0 Å². The first-order valence-corrected chi connectivity index (χ1v) is 9.68. The molecule has 4 rings (SSSR count). The Bertz CT molecular complexity index is 1100. The smallest absolute Gasteiger partial charge is 0.225 e. The van der Waals surface area contributed by atoms with Crippen molar-refractivity contribution in [2.75, 3.05) is 23.3 Å². The summed E-state index contributed by atoms with van der Waals surface area (Å²) in [7, 11) is 0. The van der Waals surface area contributed by atoms with E-state index < -0.39 is 0 Å². The van der Waals surface area contributed by atoms with E-state index in [9.17, 15) is 0 Å². The number of aryl methyl sites for hydroxylation is 1. The Hall–Kier alpha value is -3.33. The molecule has 0 radical (unpaired) electrons. The third-order valence-corrected chi connectivity index (χ3v) is 5.13. The van der Waals surface area contributed by atoms with E-state index in [-0.39, 0.29) is 5.95 Å². The van der Waals surface area contributed by atoms with Gasteiger partial charge in [-0.25, -0.2) is 4.98 Å². The molecule has 0 fully saturated rings. The van der Waals surface area contributed by atoms with E-state index in [1.807, 2.05) is 0 Å². The van der Waals surface area contributed by atoms with Crippen molar-refractivity contribution in [3.05, 3.63) is 53.8 Å². The minimum Gasteiger partial charge on any atom is -0.461 e. The highest BCUT2D eigenvalue weighted by Crippen LogP contribution is 2.23. The van der Waals surface area contributed by atoms with E-state index >= 15 is 0 Å². The number of thioether (sulfide) groups is 1. The molecule has 3 heterocycles. The van der Waals surface area contributed by atoms with E-state index in [2.05, 4.69) is 51.6 Å². The highest BCUT2D eigenvalue weighted by Gasteiger charge is 2.17. The second kappa shape index (κ2) is 7.73. The maximum atomic E-state index is 7.80. The van der Waals surface area contributed by atoms with Gasteiger partial charge in [-0.3, -0.25) is 0 Å². The maximum absolute atomic E-state index is 7.80. The predicted molar refractivity (Wildman–Crippen MR) is 111 cm³/mol. The van der Waals surface area contributed by atoms with Crippen molar-refractivity contribution in [2.45, 2.75) is 11.8 Å². The van der Waals surface area contributed by atoms with Crippen LogP contribution in [0.1, 0.15) is 11.1 Å². The Morgan fingerprint density at radius 3 is 2.79 bits per heavy atom. The fourth-order valence-electron chi connectivity index (χ4n) is 2.72. The molecule has 28 heavy (non-hydrogen) atoms. The molecule has 3 aromatic heterocycles. The summed E-state index contributed by atoms with van der Waals surface area (Å²) in [6.45, 7) is 2.74. The number of fused-ring (bicyclic) bond motifs is 1. The Balaban J connectivity index is 1.53. The van der Waals surface area contributed by atoms with Crippen LogP contribution in [0.4, 0.5) is 11.8 Å². The second-order valence-corrected chi connectivity index (χ2v) is 7.28. The number of hydrogen-bond donors (Lipinski definition) is 3. The molecule has 0 spiro atoms. The summed E-state index contributed by atoms with van der Waals surface area (Å²) in [5.74, 6) is 2.48. The molecule has 4 aromatic rings. The number of furan rings is 1. The summed E-state index contributed by atoms with van der Waals surface area (Å²) in [5.41, 5.74) is 8.29. The summed E-state index contributed by atoms with van der Waals surface area (Å²) in [6, 6.07) is 11.9. The fourth-order valence-corrected chi connectivity index (χ4v) is 3.49. The van der Waals surface area contributed by atoms with E-state index in [1.54, 1.807) is 30.2 Å². The maximum Gasteiger partial charge on any atom is 0.225 e. The number of rotatable bonds is 7. The molecule has 1 aromatic carbocycles. The zero-order chi connectivity index (χ0) is 19.5. The molecule has 0 amide bonds. The van der Waals surface area contributed by atoms with Gasteiger partial charge in [0.15, 0.2) is 11.4 Å². The van der Waals surface area contributed by atoms with E-state index in [4.69, 9.17) is 15.6 Å². The molecule has 0 unspecified atom stereocenters. The Morgan fingerprint density at radius 1 is 1.25 bits per heavy atom. The predicted octanol–water partition coefficient (Wildman–Crippen LogP) is 3.48. The van der Waals surface area contributed by atoms with Gasteiger partial charge in [-0.05, 0) is 31.2 Å². The number of nitrogens with zero attached hydrogens (tertiary/aromatic N) is 4. The summed E-state index contributed by atoms with van der Waals surface area (Å²) in [5, 5.41) is 15.4. The van der Waals surface area contributed by atoms with Crippen molar-refractivity contribution in [1.82, 2.24) is 19.6 Å². The molecular formula is C19H19N7OS. The van der Waals surface area contributed by atoms with Crippen LogP contribution in [0, 0.1) is 12.3 Å². The Kier molecular flexibility index (Phi) is 4.98. The van der Waals surface area contributed by atoms with Crippen LogP contribution in [0.2, 0.25) is 0 Å². The van der Waals surface area contributed by atoms with Gasteiger partial charge in [0.1, 0.15) is 5.82 Å². The van der Waals surface area contributed by atoms with E-state index in [0.29, 0.717) is 35.2 Å². The van der Waals surface area contributed by atoms with Crippen molar-refractivity contribution >= 4 is 35.4 Å². The van der Waals surface area contributed by atoms with Gasteiger partial charge in [0, 0.05) is 23.4 Å². The molecule has 0 aliphatic carbocycles. The molecule has 4 N–H and O–H groups in total. The van der Waals surface area contributed by atoms with Gasteiger partial charge in [-0.1, -0.05) is 17.7 Å². The molecule has 0 saturated carbocycles. The van der Waals surface area contributed by atoms with Crippen LogP contribution >= 0.6 is 11.8 Å². The quantitative estimate of drug-likeness (QED) is 0.250. The Morgan fingerprint density at radius 2 is 2.07 bits per heavy atom. The minimum absolute atomic E-state index is 0.194. The Labute approximate surface area is 165 Å². The molecule has 142 valence electrons. The molecule has 0 saturated heterocycles. The van der Waals surface area contributed by atoms with Crippen molar-refractivity contribution in [2.24, 2.45) is 0 Å². The lowest BCUT2D eigenvalue weighted by molar-refractivity contribution is 0.577. The molecule has 0 atom stereocenters. The number of aromatic nitrogens is 4. The normalized spacial score (nSPS) is 11.0. The molecule has 0 aliphatic rings. The largest absolute Gasteiger partial charge is 0.461 e. The van der Waals surface area contributed by atoms with Crippen LogP contribution in [0.3, 0.4) is 0 Å². The lowest BCUT2D eigenvalue weighted by atomic mass is 10.2. The molecule has 9 heteroatoms. The number of nitrogen functional groups attached to an aromatic ring is 1. The fraction of sp³-hybridized carbons (Fsp3) is 0.158. The summed E-state index contributed by atoms with van der Waals surface area (Å²) < 4.78 is 6.77. The van der Waals surface area contributed by atoms with Gasteiger partial charge >= 0.3 is 0 Å². The minimum atomic E-state index is 0.194. The van der Waals surface area contributed by atoms with Crippen molar-refractivity contribution < 1.29 is 4.42 Å². The first-order chi connectivity index (χ1) is 13.7. The van der Waals surface area contributed by atoms with Gasteiger partial charge in [-0.15, -0.1) is 16.9 Å². The zero-order valence-electron chi connectivity index (χ0n) is 15.2. The molecule has 0 aliphatic heterocycles. The monoisotopic (exact) mass is 393 g/mol. The van der Waals surface area contributed by atoms with Gasteiger partial charge < -0.3 is 20.9 Å². The van der Waals surface area contributed by atoms with Crippen LogP contribution in [0.15, 0.2) is 52.0 Å². The highest BCUT2D eigenvalue weighted by molar-refractivity contribution is 7.99. The van der Waals surface area contributed by atoms with Crippen molar-refractivity contribution in [3.8, 4) is 11.6 Å². The number of hydrogen-bond acceptors (Lipinski definition) is 8. The average Bonchev–Trinajstić information content (AvgIpc) is 3.37. The average molecular weight is 393 g/mol. The number of anilines is 2. The first kappa shape index (κ1) is 18.1. The van der Waals surface area contributed by atoms with Crippen LogP contribution < -0.4 is 11.1 Å². The number of benzene rings is 1. The van der Waals surface area contributed by atoms with E-state index in [0.717, 1.165) is 5.75 Å². The zero-order valence-corrected chi connectivity index (χ0v) is 16.0. The van der Waals surface area contributed by atoms with Crippen LogP contribution in [0.25, 0.3) is 17.2 Å². The number of nitrogens with one attached hydrogen (secondary N) is 2. The standard InChI is InChI=1S/C19H19N7OS/c1-12-4-6-13(7-5-12)28-10-8-22-16-14(11-20)18-23-17(15-3-2-9-27-15)25-26(18)19(21)24-16/h2-7,9,11,20,22H,8,10H2,1H3,(H2,21,24). The summed E-state index contributed by atoms with van der Waals surface area (Å²) >= 11 is 1.75. The second-order valence-electron chi connectivity index (χ2n) is 6.11. The van der Waals surface area contributed by atoms with E-state index in [1.165, 1.54) is 21.2 Å². The van der Waals surface area contributed by atoms with Gasteiger partial charge in [-0.2, -0.15) is 9.50 Å². The third-order valence-electron chi connectivity index (χ3n) is 4.12. The van der Waals surface area contributed by atoms with Crippen molar-refractivity contribution in [1.29, 1.82) is 5.41 Å². The molecule has 0 bridgehead atoms. The first-order valence-electron chi connectivity index (χ1n) is 8.69. The highest BCUT2D eigenvalue weighted by atomic mass is 32.2. The van der Waals surface area contributed by atoms with Crippen LogP contribution in [-0.2, 0) is 0 Å². The van der Waals surface area contributed by atoms with Gasteiger partial charge in [0.2, 0.25) is 11.8 Å². The molecular weight excluding hydrogens is 374 g/mol. The topological polar surface area (TPSA) is 118 Å². The third kappa shape index (κ3) is 3.56. The van der Waals surface area contributed by atoms with Crippen LogP contribution in [0.5, 0.6) is 0 Å². The van der Waals surface area contributed by atoms with Gasteiger partial charge in [0.05, 0.1) is 11.8 Å². The SMILES string of the molecule is Cc1ccc(SCCNc2nc(N)n3nc(-c4ccco4)nc3c2C=N)cc1.